The van der Waals surface area contributed by atoms with Crippen LogP contribution >= 0.6 is 22.6 Å². The molecule has 0 aliphatic heterocycles. The summed E-state index contributed by atoms with van der Waals surface area (Å²) in [5.41, 5.74) is 0. The van der Waals surface area contributed by atoms with Crippen LogP contribution in [-0.2, 0) is 19.5 Å². The lowest BCUT2D eigenvalue weighted by atomic mass is 10.4. The third-order valence-corrected chi connectivity index (χ3v) is 5.46. The molecular formula is C14H22INO4S. The Balaban J connectivity index is 2.84. The molecular weight excluding hydrogens is 405 g/mol. The maximum atomic E-state index is 12.6. The first-order valence-electron chi connectivity index (χ1n) is 6.93. The van der Waals surface area contributed by atoms with Gasteiger partial charge in [-0.15, -0.1) is 0 Å². The van der Waals surface area contributed by atoms with Gasteiger partial charge in [0, 0.05) is 29.9 Å². The number of benzene rings is 1. The van der Waals surface area contributed by atoms with Gasteiger partial charge in [0.1, 0.15) is 0 Å². The lowest BCUT2D eigenvalue weighted by Crippen LogP contribution is -2.36. The van der Waals surface area contributed by atoms with Gasteiger partial charge in [0.05, 0.1) is 18.1 Å². The van der Waals surface area contributed by atoms with Crippen molar-refractivity contribution < 1.29 is 17.9 Å². The molecule has 0 radical (unpaired) electrons. The van der Waals surface area contributed by atoms with Crippen molar-refractivity contribution >= 4 is 32.6 Å². The zero-order valence-corrected chi connectivity index (χ0v) is 15.4. The van der Waals surface area contributed by atoms with Crippen LogP contribution in [0.2, 0.25) is 0 Å². The molecule has 0 spiro atoms. The van der Waals surface area contributed by atoms with E-state index in [1.165, 1.54) is 4.31 Å². The van der Waals surface area contributed by atoms with Crippen LogP contribution in [-0.4, -0.2) is 52.2 Å². The van der Waals surface area contributed by atoms with Crippen molar-refractivity contribution in [3.8, 4) is 0 Å². The highest BCUT2D eigenvalue weighted by Crippen LogP contribution is 2.17. The maximum Gasteiger partial charge on any atom is 0.243 e. The van der Waals surface area contributed by atoms with E-state index in [1.54, 1.807) is 24.3 Å². The van der Waals surface area contributed by atoms with Crippen molar-refractivity contribution in [3.05, 3.63) is 27.8 Å². The Hall–Kier alpha value is -0.220. The van der Waals surface area contributed by atoms with Gasteiger partial charge in [-0.25, -0.2) is 8.42 Å². The van der Waals surface area contributed by atoms with Crippen molar-refractivity contribution in [1.82, 2.24) is 4.31 Å². The van der Waals surface area contributed by atoms with Gasteiger partial charge in [-0.2, -0.15) is 4.31 Å². The molecule has 0 N–H and O–H groups in total. The van der Waals surface area contributed by atoms with E-state index in [0.29, 0.717) is 44.4 Å². The second kappa shape index (κ2) is 9.73. The average molecular weight is 427 g/mol. The van der Waals surface area contributed by atoms with Gasteiger partial charge in [-0.1, -0.05) is 0 Å². The molecule has 1 rings (SSSR count). The molecule has 7 heteroatoms. The van der Waals surface area contributed by atoms with E-state index >= 15 is 0 Å². The van der Waals surface area contributed by atoms with Crippen LogP contribution in [0.5, 0.6) is 0 Å². The van der Waals surface area contributed by atoms with Crippen LogP contribution in [0.25, 0.3) is 0 Å². The molecule has 120 valence electrons. The smallest absolute Gasteiger partial charge is 0.243 e. The second-order valence-electron chi connectivity index (χ2n) is 4.25. The first-order chi connectivity index (χ1) is 10.0. The summed E-state index contributed by atoms with van der Waals surface area (Å²) in [5, 5.41) is 0. The molecule has 0 aliphatic carbocycles. The van der Waals surface area contributed by atoms with Gasteiger partial charge >= 0.3 is 0 Å². The fourth-order valence-corrected chi connectivity index (χ4v) is 3.50. The topological polar surface area (TPSA) is 55.8 Å². The van der Waals surface area contributed by atoms with E-state index in [4.69, 9.17) is 9.47 Å². The highest BCUT2D eigenvalue weighted by Gasteiger charge is 2.23. The summed E-state index contributed by atoms with van der Waals surface area (Å²) >= 11 is 2.15. The second-order valence-corrected chi connectivity index (χ2v) is 7.44. The number of hydrogen-bond acceptors (Lipinski definition) is 4. The van der Waals surface area contributed by atoms with Crippen molar-refractivity contribution in [2.75, 3.05) is 39.5 Å². The Morgan fingerprint density at radius 1 is 1.00 bits per heavy atom. The van der Waals surface area contributed by atoms with E-state index in [9.17, 15) is 8.42 Å². The van der Waals surface area contributed by atoms with Gasteiger partial charge in [-0.3, -0.25) is 0 Å². The summed E-state index contributed by atoms with van der Waals surface area (Å²) in [6, 6.07) is 6.84. The number of nitrogens with zero attached hydrogens (tertiary/aromatic N) is 1. The summed E-state index contributed by atoms with van der Waals surface area (Å²) in [7, 11) is -3.51. The minimum atomic E-state index is -3.51. The summed E-state index contributed by atoms with van der Waals surface area (Å²) < 4.78 is 38.3. The quantitative estimate of drug-likeness (QED) is 0.425. The zero-order valence-electron chi connectivity index (χ0n) is 12.4. The fourth-order valence-electron chi connectivity index (χ4n) is 1.73. The molecule has 1 aromatic carbocycles. The van der Waals surface area contributed by atoms with E-state index in [1.807, 2.05) is 13.8 Å². The highest BCUT2D eigenvalue weighted by atomic mass is 127. The van der Waals surface area contributed by atoms with Crippen molar-refractivity contribution in [1.29, 1.82) is 0 Å². The summed E-state index contributed by atoms with van der Waals surface area (Å²) in [6.07, 6.45) is 0. The van der Waals surface area contributed by atoms with E-state index in [2.05, 4.69) is 22.6 Å². The van der Waals surface area contributed by atoms with Crippen LogP contribution in [0.1, 0.15) is 13.8 Å². The largest absolute Gasteiger partial charge is 0.380 e. The molecule has 1 aromatic rings. The molecule has 0 aliphatic rings. The molecule has 0 unspecified atom stereocenters. The molecule has 21 heavy (non-hydrogen) atoms. The first-order valence-corrected chi connectivity index (χ1v) is 9.45. The van der Waals surface area contributed by atoms with Crippen molar-refractivity contribution in [2.45, 2.75) is 18.7 Å². The third-order valence-electron chi connectivity index (χ3n) is 2.83. The van der Waals surface area contributed by atoms with E-state index in [-0.39, 0.29) is 0 Å². The normalized spacial score (nSPS) is 12.0. The van der Waals surface area contributed by atoms with Crippen LogP contribution in [0.3, 0.4) is 0 Å². The number of rotatable bonds is 10. The molecule has 0 amide bonds. The summed E-state index contributed by atoms with van der Waals surface area (Å²) in [4.78, 5) is 0.302. The minimum Gasteiger partial charge on any atom is -0.380 e. The Kier molecular flexibility index (Phi) is 8.72. The standard InChI is InChI=1S/C14H22INO4S/c1-3-19-11-9-16(10-12-20-4-2)21(17,18)14-7-5-13(15)6-8-14/h5-8H,3-4,9-12H2,1-2H3. The van der Waals surface area contributed by atoms with E-state index < -0.39 is 10.0 Å². The van der Waals surface area contributed by atoms with Crippen LogP contribution < -0.4 is 0 Å². The van der Waals surface area contributed by atoms with Gasteiger partial charge in [0.2, 0.25) is 10.0 Å². The van der Waals surface area contributed by atoms with Gasteiger partial charge in [0.15, 0.2) is 0 Å². The van der Waals surface area contributed by atoms with Gasteiger partial charge in [0.25, 0.3) is 0 Å². The predicted octanol–water partition coefficient (Wildman–Crippen LogP) is 2.35. The Labute approximate surface area is 140 Å². The van der Waals surface area contributed by atoms with Crippen LogP contribution in [0, 0.1) is 3.57 Å². The highest BCUT2D eigenvalue weighted by molar-refractivity contribution is 14.1. The third kappa shape index (κ3) is 6.19. The molecule has 0 heterocycles. The Bertz CT molecular complexity index is 494. The molecule has 0 fully saturated rings. The SMILES string of the molecule is CCOCCN(CCOCC)S(=O)(=O)c1ccc(I)cc1. The van der Waals surface area contributed by atoms with Crippen molar-refractivity contribution in [3.63, 3.8) is 0 Å². The number of sulfonamides is 1. The lowest BCUT2D eigenvalue weighted by Gasteiger charge is -2.22. The molecule has 0 saturated carbocycles. The van der Waals surface area contributed by atoms with Crippen LogP contribution in [0.15, 0.2) is 29.2 Å². The number of halogens is 1. The Morgan fingerprint density at radius 2 is 1.48 bits per heavy atom. The number of hydrogen-bond donors (Lipinski definition) is 0. The van der Waals surface area contributed by atoms with Gasteiger partial charge < -0.3 is 9.47 Å². The molecule has 5 nitrogen and oxygen atoms in total. The first kappa shape index (κ1) is 18.8. The predicted molar refractivity (Wildman–Crippen MR) is 90.9 cm³/mol. The van der Waals surface area contributed by atoms with Crippen LogP contribution in [0.4, 0.5) is 0 Å². The molecule has 0 saturated heterocycles. The Morgan fingerprint density at radius 3 is 1.90 bits per heavy atom. The van der Waals surface area contributed by atoms with Crippen molar-refractivity contribution in [2.24, 2.45) is 0 Å². The molecule has 0 atom stereocenters. The molecule has 0 aromatic heterocycles. The fraction of sp³-hybridized carbons (Fsp3) is 0.571. The zero-order chi connectivity index (χ0) is 15.7. The maximum absolute atomic E-state index is 12.6. The molecule has 0 bridgehead atoms. The minimum absolute atomic E-state index is 0.302. The lowest BCUT2D eigenvalue weighted by molar-refractivity contribution is 0.110. The summed E-state index contributed by atoms with van der Waals surface area (Å²) in [5.74, 6) is 0. The average Bonchev–Trinajstić information content (AvgIpc) is 2.46. The monoisotopic (exact) mass is 427 g/mol. The number of ether oxygens (including phenoxy) is 2. The van der Waals surface area contributed by atoms with E-state index in [0.717, 1.165) is 3.57 Å². The van der Waals surface area contributed by atoms with Gasteiger partial charge in [-0.05, 0) is 60.7 Å². The summed E-state index contributed by atoms with van der Waals surface area (Å²) in [6.45, 7) is 6.34.